The van der Waals surface area contributed by atoms with Gasteiger partial charge in [0.1, 0.15) is 11.3 Å². The van der Waals surface area contributed by atoms with Gasteiger partial charge in [0, 0.05) is 47.9 Å². The number of benzene rings is 1. The van der Waals surface area contributed by atoms with Crippen molar-refractivity contribution in [2.75, 3.05) is 13.7 Å². The molecule has 30 heavy (non-hydrogen) atoms. The molecule has 0 unspecified atom stereocenters. The molecule has 0 bridgehead atoms. The molecule has 1 N–H and O–H groups in total. The molecule has 156 valence electrons. The van der Waals surface area contributed by atoms with Crippen LogP contribution in [0.15, 0.2) is 59.5 Å². The molecule has 0 aliphatic heterocycles. The van der Waals surface area contributed by atoms with E-state index in [1.165, 1.54) is 6.07 Å². The number of ether oxygens (including phenoxy) is 1. The minimum atomic E-state index is -0.346. The standard InChI is InChI=1S/C24H27N3O3/c1-4-20-23(24(29)26-14-12-19-10-7-8-13-25-19)21(28)15-17(2)27(20)16-18-9-5-6-11-22(18)30-3/h5-11,13,15H,4,12,14,16H2,1-3H3,(H,26,29). The average Bonchev–Trinajstić information content (AvgIpc) is 2.76. The van der Waals surface area contributed by atoms with Gasteiger partial charge in [-0.05, 0) is 31.5 Å². The van der Waals surface area contributed by atoms with Crippen LogP contribution in [-0.2, 0) is 19.4 Å². The second-order valence-electron chi connectivity index (χ2n) is 7.05. The Labute approximate surface area is 176 Å². The van der Waals surface area contributed by atoms with E-state index in [2.05, 4.69) is 10.3 Å². The van der Waals surface area contributed by atoms with Crippen LogP contribution in [0.25, 0.3) is 0 Å². The Balaban J connectivity index is 1.88. The van der Waals surface area contributed by atoms with E-state index in [0.717, 1.165) is 28.4 Å². The number of nitrogens with one attached hydrogen (secondary N) is 1. The fraction of sp³-hybridized carbons (Fsp3) is 0.292. The summed E-state index contributed by atoms with van der Waals surface area (Å²) < 4.78 is 7.49. The van der Waals surface area contributed by atoms with Gasteiger partial charge in [-0.15, -0.1) is 0 Å². The summed E-state index contributed by atoms with van der Waals surface area (Å²) in [6.45, 7) is 4.78. The van der Waals surface area contributed by atoms with Crippen LogP contribution < -0.4 is 15.5 Å². The van der Waals surface area contributed by atoms with E-state index in [0.29, 0.717) is 25.9 Å². The van der Waals surface area contributed by atoms with Crippen molar-refractivity contribution in [2.24, 2.45) is 0 Å². The van der Waals surface area contributed by atoms with Crippen LogP contribution in [0.2, 0.25) is 0 Å². The average molecular weight is 405 g/mol. The van der Waals surface area contributed by atoms with Gasteiger partial charge in [0.05, 0.1) is 13.7 Å². The van der Waals surface area contributed by atoms with Gasteiger partial charge in [0.25, 0.3) is 5.91 Å². The number of para-hydroxylation sites is 1. The van der Waals surface area contributed by atoms with Gasteiger partial charge in [-0.3, -0.25) is 14.6 Å². The lowest BCUT2D eigenvalue weighted by Crippen LogP contribution is -2.34. The number of carbonyl (C=O) groups is 1. The number of rotatable bonds is 8. The predicted molar refractivity (Wildman–Crippen MR) is 117 cm³/mol. The molecule has 0 saturated heterocycles. The normalized spacial score (nSPS) is 10.6. The molecule has 2 heterocycles. The van der Waals surface area contributed by atoms with Crippen molar-refractivity contribution < 1.29 is 9.53 Å². The monoisotopic (exact) mass is 405 g/mol. The Morgan fingerprint density at radius 1 is 1.17 bits per heavy atom. The first-order valence-corrected chi connectivity index (χ1v) is 10.1. The molecule has 0 radical (unpaired) electrons. The molecule has 0 aliphatic rings. The second-order valence-corrected chi connectivity index (χ2v) is 7.05. The highest BCUT2D eigenvalue weighted by molar-refractivity contribution is 5.95. The van der Waals surface area contributed by atoms with E-state index in [-0.39, 0.29) is 16.9 Å². The zero-order valence-corrected chi connectivity index (χ0v) is 17.6. The van der Waals surface area contributed by atoms with E-state index in [4.69, 9.17) is 4.74 Å². The molecule has 0 spiro atoms. The smallest absolute Gasteiger partial charge is 0.257 e. The van der Waals surface area contributed by atoms with Gasteiger partial charge in [-0.2, -0.15) is 0 Å². The molecule has 0 atom stereocenters. The van der Waals surface area contributed by atoms with Gasteiger partial charge >= 0.3 is 0 Å². The maximum atomic E-state index is 12.9. The molecule has 1 amide bonds. The predicted octanol–water partition coefficient (Wildman–Crippen LogP) is 3.14. The lowest BCUT2D eigenvalue weighted by Gasteiger charge is -2.20. The van der Waals surface area contributed by atoms with E-state index >= 15 is 0 Å². The minimum Gasteiger partial charge on any atom is -0.496 e. The molecule has 1 aromatic carbocycles. The fourth-order valence-corrected chi connectivity index (χ4v) is 3.60. The number of methoxy groups -OCH3 is 1. The van der Waals surface area contributed by atoms with Crippen LogP contribution in [0.5, 0.6) is 5.75 Å². The van der Waals surface area contributed by atoms with Crippen molar-refractivity contribution in [3.8, 4) is 5.75 Å². The van der Waals surface area contributed by atoms with E-state index in [9.17, 15) is 9.59 Å². The first-order chi connectivity index (χ1) is 14.5. The van der Waals surface area contributed by atoms with Crippen molar-refractivity contribution in [3.63, 3.8) is 0 Å². The Morgan fingerprint density at radius 2 is 1.93 bits per heavy atom. The molecule has 3 rings (SSSR count). The number of amides is 1. The zero-order chi connectivity index (χ0) is 21.5. The number of hydrogen-bond donors (Lipinski definition) is 1. The Morgan fingerprint density at radius 3 is 2.63 bits per heavy atom. The summed E-state index contributed by atoms with van der Waals surface area (Å²) in [5, 5.41) is 2.88. The van der Waals surface area contributed by atoms with Gasteiger partial charge in [-0.1, -0.05) is 31.2 Å². The third-order valence-electron chi connectivity index (χ3n) is 5.10. The zero-order valence-electron chi connectivity index (χ0n) is 17.6. The summed E-state index contributed by atoms with van der Waals surface area (Å²) in [6.07, 6.45) is 2.90. The summed E-state index contributed by atoms with van der Waals surface area (Å²) in [5.74, 6) is 0.431. The van der Waals surface area contributed by atoms with Crippen LogP contribution in [0, 0.1) is 6.92 Å². The summed E-state index contributed by atoms with van der Waals surface area (Å²) in [6, 6.07) is 15.0. The molecular formula is C24H27N3O3. The topological polar surface area (TPSA) is 73.2 Å². The van der Waals surface area contributed by atoms with Gasteiger partial charge in [0.15, 0.2) is 5.43 Å². The quantitative estimate of drug-likeness (QED) is 0.625. The second kappa shape index (κ2) is 9.87. The van der Waals surface area contributed by atoms with Gasteiger partial charge in [-0.25, -0.2) is 0 Å². The van der Waals surface area contributed by atoms with Crippen LogP contribution in [0.3, 0.4) is 0 Å². The molecule has 0 aliphatic carbocycles. The number of nitrogens with zero attached hydrogens (tertiary/aromatic N) is 2. The van der Waals surface area contributed by atoms with E-state index in [1.54, 1.807) is 13.3 Å². The fourth-order valence-electron chi connectivity index (χ4n) is 3.60. The molecule has 6 heteroatoms. The summed E-state index contributed by atoms with van der Waals surface area (Å²) >= 11 is 0. The molecule has 0 saturated carbocycles. The van der Waals surface area contributed by atoms with Crippen LogP contribution in [0.4, 0.5) is 0 Å². The number of carbonyl (C=O) groups excluding carboxylic acids is 1. The number of pyridine rings is 2. The van der Waals surface area contributed by atoms with Crippen LogP contribution >= 0.6 is 0 Å². The van der Waals surface area contributed by atoms with E-state index < -0.39 is 0 Å². The Hall–Kier alpha value is -3.41. The first-order valence-electron chi connectivity index (χ1n) is 10.1. The Bertz CT molecular complexity index is 1070. The van der Waals surface area contributed by atoms with E-state index in [1.807, 2.05) is 60.9 Å². The first kappa shape index (κ1) is 21.3. The lowest BCUT2D eigenvalue weighted by molar-refractivity contribution is 0.0951. The van der Waals surface area contributed by atoms with Crippen molar-refractivity contribution in [1.82, 2.24) is 14.9 Å². The van der Waals surface area contributed by atoms with Crippen molar-refractivity contribution in [2.45, 2.75) is 33.2 Å². The Kier molecular flexibility index (Phi) is 7.01. The largest absolute Gasteiger partial charge is 0.496 e. The van der Waals surface area contributed by atoms with Gasteiger partial charge < -0.3 is 14.6 Å². The highest BCUT2D eigenvalue weighted by Gasteiger charge is 2.19. The third-order valence-corrected chi connectivity index (χ3v) is 5.10. The van der Waals surface area contributed by atoms with Crippen molar-refractivity contribution >= 4 is 5.91 Å². The maximum Gasteiger partial charge on any atom is 0.257 e. The van der Waals surface area contributed by atoms with Crippen molar-refractivity contribution in [3.05, 3.63) is 93.2 Å². The lowest BCUT2D eigenvalue weighted by atomic mass is 10.1. The molecule has 2 aromatic heterocycles. The summed E-state index contributed by atoms with van der Waals surface area (Å²) in [5.41, 5.74) is 3.37. The molecule has 3 aromatic rings. The van der Waals surface area contributed by atoms with Crippen molar-refractivity contribution in [1.29, 1.82) is 0 Å². The third kappa shape index (κ3) is 4.76. The molecule has 0 fully saturated rings. The minimum absolute atomic E-state index is 0.207. The number of aromatic nitrogens is 2. The highest BCUT2D eigenvalue weighted by atomic mass is 16.5. The SMILES string of the molecule is CCc1c(C(=O)NCCc2ccccn2)c(=O)cc(C)n1Cc1ccccc1OC. The van der Waals surface area contributed by atoms with Crippen LogP contribution in [0.1, 0.15) is 39.9 Å². The number of hydrogen-bond acceptors (Lipinski definition) is 4. The van der Waals surface area contributed by atoms with Gasteiger partial charge in [0.2, 0.25) is 0 Å². The summed E-state index contributed by atoms with van der Waals surface area (Å²) in [4.78, 5) is 29.9. The highest BCUT2D eigenvalue weighted by Crippen LogP contribution is 2.21. The molecular weight excluding hydrogens is 378 g/mol. The van der Waals surface area contributed by atoms with Crippen LogP contribution in [-0.4, -0.2) is 29.1 Å². The summed E-state index contributed by atoms with van der Waals surface area (Å²) in [7, 11) is 1.64. The molecule has 6 nitrogen and oxygen atoms in total. The maximum absolute atomic E-state index is 12.9. The number of aryl methyl sites for hydroxylation is 1.